The molecule has 1 aliphatic carbocycles. The average molecular weight is 433 g/mol. The quantitative estimate of drug-likeness (QED) is 0.478. The lowest BCUT2D eigenvalue weighted by Gasteiger charge is -2.12. The van der Waals surface area contributed by atoms with Gasteiger partial charge in [-0.2, -0.15) is 0 Å². The fourth-order valence-electron chi connectivity index (χ4n) is 3.79. The Bertz CT molecular complexity index is 1100. The summed E-state index contributed by atoms with van der Waals surface area (Å²) in [6, 6.07) is 16.0. The molecule has 0 unspecified atom stereocenters. The topological polar surface area (TPSA) is 78.8 Å². The molecule has 0 saturated heterocycles. The van der Waals surface area contributed by atoms with Crippen LogP contribution in [0.3, 0.4) is 0 Å². The predicted octanol–water partition coefficient (Wildman–Crippen LogP) is 6.11. The van der Waals surface area contributed by atoms with Crippen molar-refractivity contribution in [3.63, 3.8) is 0 Å². The number of nitrogens with zero attached hydrogens (tertiary/aromatic N) is 1. The van der Waals surface area contributed by atoms with Crippen molar-refractivity contribution >= 4 is 40.1 Å². The SMILES string of the molecule is O=C(O)c1ccc(C=Nc2sc3c(c2C(=O)Nc2ccccc2)CCCCCC3)cc1. The van der Waals surface area contributed by atoms with Crippen molar-refractivity contribution in [2.45, 2.75) is 38.5 Å². The molecule has 0 radical (unpaired) electrons. The van der Waals surface area contributed by atoms with Crippen molar-refractivity contribution < 1.29 is 14.7 Å². The molecular formula is C25H24N2O3S. The van der Waals surface area contributed by atoms with Gasteiger partial charge in [0.2, 0.25) is 0 Å². The number of thiophene rings is 1. The number of carboxylic acids is 1. The molecule has 2 aromatic carbocycles. The van der Waals surface area contributed by atoms with Crippen LogP contribution in [-0.2, 0) is 12.8 Å². The zero-order chi connectivity index (χ0) is 21.6. The van der Waals surface area contributed by atoms with Crippen molar-refractivity contribution in [2.24, 2.45) is 4.99 Å². The van der Waals surface area contributed by atoms with Crippen LogP contribution in [0.4, 0.5) is 10.7 Å². The summed E-state index contributed by atoms with van der Waals surface area (Å²) in [5.41, 5.74) is 3.59. The van der Waals surface area contributed by atoms with E-state index in [2.05, 4.69) is 10.3 Å². The van der Waals surface area contributed by atoms with E-state index in [4.69, 9.17) is 5.11 Å². The standard InChI is InChI=1S/C25H24N2O3S/c28-23(27-19-8-4-3-5-9-19)22-20-10-6-1-2-7-11-21(20)31-24(22)26-16-17-12-14-18(15-13-17)25(29)30/h3-5,8-9,12-16H,1-2,6-7,10-11H2,(H,27,28)(H,29,30). The highest BCUT2D eigenvalue weighted by molar-refractivity contribution is 7.16. The molecule has 1 heterocycles. The zero-order valence-electron chi connectivity index (χ0n) is 17.1. The first-order valence-corrected chi connectivity index (χ1v) is 11.3. The van der Waals surface area contributed by atoms with Crippen molar-refractivity contribution in [2.75, 3.05) is 5.32 Å². The second kappa shape index (κ2) is 9.71. The predicted molar refractivity (Wildman–Crippen MR) is 125 cm³/mol. The summed E-state index contributed by atoms with van der Waals surface area (Å²) in [6.45, 7) is 0. The molecule has 1 aliphatic rings. The molecule has 6 heteroatoms. The Morgan fingerprint density at radius 3 is 2.35 bits per heavy atom. The Morgan fingerprint density at radius 2 is 1.65 bits per heavy atom. The maximum absolute atomic E-state index is 13.3. The van der Waals surface area contributed by atoms with Gasteiger partial charge in [-0.1, -0.05) is 43.2 Å². The maximum Gasteiger partial charge on any atom is 0.335 e. The summed E-state index contributed by atoms with van der Waals surface area (Å²) in [4.78, 5) is 30.2. The van der Waals surface area contributed by atoms with Gasteiger partial charge < -0.3 is 10.4 Å². The summed E-state index contributed by atoms with van der Waals surface area (Å²) in [6.07, 6.45) is 8.19. The highest BCUT2D eigenvalue weighted by Gasteiger charge is 2.24. The Kier molecular flexibility index (Phi) is 6.57. The number of hydrogen-bond donors (Lipinski definition) is 2. The van der Waals surface area contributed by atoms with Crippen molar-refractivity contribution in [3.05, 3.63) is 81.7 Å². The molecule has 158 valence electrons. The number of amides is 1. The fourth-order valence-corrected chi connectivity index (χ4v) is 5.02. The minimum Gasteiger partial charge on any atom is -0.478 e. The molecule has 0 aliphatic heterocycles. The van der Waals surface area contributed by atoms with Crippen LogP contribution in [0.2, 0.25) is 0 Å². The second-order valence-corrected chi connectivity index (χ2v) is 8.69. The number of benzene rings is 2. The smallest absolute Gasteiger partial charge is 0.335 e. The van der Waals surface area contributed by atoms with Crippen LogP contribution in [0.5, 0.6) is 0 Å². The lowest BCUT2D eigenvalue weighted by Crippen LogP contribution is -2.14. The third-order valence-electron chi connectivity index (χ3n) is 5.40. The van der Waals surface area contributed by atoms with Crippen molar-refractivity contribution in [1.29, 1.82) is 0 Å². The van der Waals surface area contributed by atoms with E-state index in [1.54, 1.807) is 41.8 Å². The lowest BCUT2D eigenvalue weighted by atomic mass is 9.96. The summed E-state index contributed by atoms with van der Waals surface area (Å²) >= 11 is 1.60. The van der Waals surface area contributed by atoms with Gasteiger partial charge in [0.25, 0.3) is 5.91 Å². The van der Waals surface area contributed by atoms with Gasteiger partial charge >= 0.3 is 5.97 Å². The molecule has 1 amide bonds. The first-order chi connectivity index (χ1) is 15.1. The molecule has 31 heavy (non-hydrogen) atoms. The second-order valence-electron chi connectivity index (χ2n) is 7.60. The molecule has 2 N–H and O–H groups in total. The first kappa shape index (κ1) is 21.0. The Hall–Kier alpha value is -3.25. The van der Waals surface area contributed by atoms with Gasteiger partial charge in [0.1, 0.15) is 5.00 Å². The highest BCUT2D eigenvalue weighted by atomic mass is 32.1. The lowest BCUT2D eigenvalue weighted by molar-refractivity contribution is 0.0696. The molecule has 0 saturated carbocycles. The largest absolute Gasteiger partial charge is 0.478 e. The number of carbonyl (C=O) groups excluding carboxylic acids is 1. The van der Waals surface area contributed by atoms with E-state index in [0.717, 1.165) is 42.5 Å². The van der Waals surface area contributed by atoms with Crippen molar-refractivity contribution in [3.8, 4) is 0 Å². The van der Waals surface area contributed by atoms with Crippen LogP contribution in [0.15, 0.2) is 59.6 Å². The molecule has 3 aromatic rings. The van der Waals surface area contributed by atoms with E-state index >= 15 is 0 Å². The fraction of sp³-hybridized carbons (Fsp3) is 0.240. The number of hydrogen-bond acceptors (Lipinski definition) is 4. The number of carbonyl (C=O) groups is 2. The Labute approximate surface area is 185 Å². The molecule has 0 fully saturated rings. The van der Waals surface area contributed by atoms with E-state index in [0.29, 0.717) is 10.6 Å². The van der Waals surface area contributed by atoms with E-state index in [1.807, 2.05) is 30.3 Å². The van der Waals surface area contributed by atoms with E-state index in [1.165, 1.54) is 17.7 Å². The minimum absolute atomic E-state index is 0.127. The number of carboxylic acid groups (broad SMARTS) is 1. The van der Waals surface area contributed by atoms with Crippen LogP contribution in [0.25, 0.3) is 0 Å². The maximum atomic E-state index is 13.3. The van der Waals surface area contributed by atoms with Gasteiger partial charge in [-0.3, -0.25) is 4.79 Å². The number of aryl methyl sites for hydroxylation is 1. The van der Waals surface area contributed by atoms with Crippen LogP contribution in [0, 0.1) is 0 Å². The first-order valence-electron chi connectivity index (χ1n) is 10.5. The molecule has 5 nitrogen and oxygen atoms in total. The Morgan fingerprint density at radius 1 is 0.935 bits per heavy atom. The summed E-state index contributed by atoms with van der Waals surface area (Å²) in [7, 11) is 0. The van der Waals surface area contributed by atoms with Gasteiger partial charge in [0.15, 0.2) is 0 Å². The van der Waals surface area contributed by atoms with Crippen LogP contribution >= 0.6 is 11.3 Å². The molecule has 0 atom stereocenters. The normalized spacial score (nSPS) is 13.9. The number of aliphatic imine (C=N–C) groups is 1. The molecule has 0 spiro atoms. The minimum atomic E-state index is -0.957. The third kappa shape index (κ3) is 5.09. The number of rotatable bonds is 5. The molecular weight excluding hydrogens is 408 g/mol. The summed E-state index contributed by atoms with van der Waals surface area (Å²) in [5.74, 6) is -1.08. The number of aromatic carboxylic acids is 1. The zero-order valence-corrected chi connectivity index (χ0v) is 18.0. The van der Waals surface area contributed by atoms with Gasteiger partial charge in [0, 0.05) is 16.8 Å². The third-order valence-corrected chi connectivity index (χ3v) is 6.60. The van der Waals surface area contributed by atoms with E-state index < -0.39 is 5.97 Å². The highest BCUT2D eigenvalue weighted by Crippen LogP contribution is 2.39. The number of nitrogens with one attached hydrogen (secondary N) is 1. The molecule has 0 bridgehead atoms. The molecule has 1 aromatic heterocycles. The van der Waals surface area contributed by atoms with Crippen molar-refractivity contribution in [1.82, 2.24) is 0 Å². The average Bonchev–Trinajstić information content (AvgIpc) is 3.09. The van der Waals surface area contributed by atoms with Gasteiger partial charge in [-0.15, -0.1) is 11.3 Å². The van der Waals surface area contributed by atoms with Gasteiger partial charge in [-0.25, -0.2) is 9.79 Å². The van der Waals surface area contributed by atoms with Gasteiger partial charge in [-0.05, 0) is 61.1 Å². The number of fused-ring (bicyclic) bond motifs is 1. The number of anilines is 1. The molecule has 4 rings (SSSR count). The van der Waals surface area contributed by atoms with Crippen LogP contribution in [0.1, 0.15) is 62.4 Å². The van der Waals surface area contributed by atoms with Crippen LogP contribution < -0.4 is 5.32 Å². The van der Waals surface area contributed by atoms with Crippen LogP contribution in [-0.4, -0.2) is 23.2 Å². The number of para-hydroxylation sites is 1. The van der Waals surface area contributed by atoms with E-state index in [-0.39, 0.29) is 11.5 Å². The Balaban J connectivity index is 1.67. The summed E-state index contributed by atoms with van der Waals surface area (Å²) in [5, 5.41) is 12.8. The van der Waals surface area contributed by atoms with Gasteiger partial charge in [0.05, 0.1) is 11.1 Å². The monoisotopic (exact) mass is 432 g/mol. The van der Waals surface area contributed by atoms with E-state index in [9.17, 15) is 9.59 Å². The summed E-state index contributed by atoms with van der Waals surface area (Å²) < 4.78 is 0.